The van der Waals surface area contributed by atoms with Gasteiger partial charge in [0.15, 0.2) is 12.0 Å². The number of carbonyl (C=O) groups excluding carboxylic acids is 1. The zero-order valence-electron chi connectivity index (χ0n) is 14.1. The molecule has 1 aromatic rings. The molecule has 0 N–H and O–H groups in total. The third kappa shape index (κ3) is 5.60. The van der Waals surface area contributed by atoms with Gasteiger partial charge in [0.1, 0.15) is 21.1 Å². The van der Waals surface area contributed by atoms with Crippen molar-refractivity contribution in [2.24, 2.45) is 5.92 Å². The number of hydrogen-bond acceptors (Lipinski definition) is 4. The number of hydrogen-bond donors (Lipinski definition) is 0. The Morgan fingerprint density at radius 1 is 1.12 bits per heavy atom. The SMILES string of the molecule is Cc1ccc(S(=O)(=O)[O-])cc1.O=CC[S+]1CCCC1C1CCCC1. The van der Waals surface area contributed by atoms with Crippen LogP contribution >= 0.6 is 0 Å². The molecule has 0 spiro atoms. The maximum absolute atomic E-state index is 10.5. The van der Waals surface area contributed by atoms with E-state index in [0.717, 1.165) is 28.8 Å². The van der Waals surface area contributed by atoms with Gasteiger partial charge in [-0.1, -0.05) is 30.5 Å². The minimum Gasteiger partial charge on any atom is -0.744 e. The molecule has 0 aromatic heterocycles. The molecule has 1 aromatic carbocycles. The van der Waals surface area contributed by atoms with E-state index in [1.54, 1.807) is 12.1 Å². The standard InChI is InChI=1S/C11H19OS.C7H8O3S/c12-7-9-13-8-3-6-11(13)10-4-1-2-5-10;1-6-2-4-7(5-3-6)11(8,9)10/h7,10-11H,1-6,8-9H2;2-5H,1H3,(H,8,9,10)/q+1;/p-1. The van der Waals surface area contributed by atoms with E-state index >= 15 is 0 Å². The molecule has 0 bridgehead atoms. The molecule has 0 amide bonds. The summed E-state index contributed by atoms with van der Waals surface area (Å²) in [4.78, 5) is 10.4. The molecule has 0 radical (unpaired) electrons. The molecule has 1 heterocycles. The van der Waals surface area contributed by atoms with E-state index < -0.39 is 10.1 Å². The maximum atomic E-state index is 10.5. The first-order chi connectivity index (χ1) is 11.4. The predicted molar refractivity (Wildman–Crippen MR) is 97.3 cm³/mol. The summed E-state index contributed by atoms with van der Waals surface area (Å²) in [5.74, 6) is 3.20. The Kier molecular flexibility index (Phi) is 7.32. The second kappa shape index (κ2) is 9.02. The normalized spacial score (nSPS) is 24.4. The van der Waals surface area contributed by atoms with E-state index in [2.05, 4.69) is 0 Å². The first-order valence-electron chi connectivity index (χ1n) is 8.54. The van der Waals surface area contributed by atoms with Crippen LogP contribution in [-0.2, 0) is 25.8 Å². The Hall–Kier alpha value is -0.850. The second-order valence-electron chi connectivity index (χ2n) is 6.57. The molecule has 2 fully saturated rings. The first kappa shape index (κ1) is 19.5. The van der Waals surface area contributed by atoms with Crippen LogP contribution < -0.4 is 0 Å². The van der Waals surface area contributed by atoms with Gasteiger partial charge in [0, 0.05) is 5.92 Å². The van der Waals surface area contributed by atoms with Crippen LogP contribution in [-0.4, -0.2) is 36.0 Å². The molecule has 2 unspecified atom stereocenters. The maximum Gasteiger partial charge on any atom is 0.169 e. The van der Waals surface area contributed by atoms with Crippen molar-refractivity contribution in [2.45, 2.75) is 55.6 Å². The van der Waals surface area contributed by atoms with E-state index in [9.17, 15) is 17.8 Å². The summed E-state index contributed by atoms with van der Waals surface area (Å²) in [5, 5.41) is 0.938. The van der Waals surface area contributed by atoms with E-state index in [1.165, 1.54) is 56.4 Å². The summed E-state index contributed by atoms with van der Waals surface area (Å²) in [7, 11) is -3.79. The van der Waals surface area contributed by atoms with Crippen molar-refractivity contribution in [3.63, 3.8) is 0 Å². The van der Waals surface area contributed by atoms with Gasteiger partial charge in [0.05, 0.1) is 4.90 Å². The van der Waals surface area contributed by atoms with Crippen LogP contribution in [0.2, 0.25) is 0 Å². The average Bonchev–Trinajstić information content (AvgIpc) is 3.18. The lowest BCUT2D eigenvalue weighted by molar-refractivity contribution is -0.105. The third-order valence-electron chi connectivity index (χ3n) is 4.84. The van der Waals surface area contributed by atoms with Gasteiger partial charge < -0.3 is 4.55 Å². The third-order valence-corrected chi connectivity index (χ3v) is 8.54. The van der Waals surface area contributed by atoms with Gasteiger partial charge >= 0.3 is 0 Å². The topological polar surface area (TPSA) is 74.3 Å². The van der Waals surface area contributed by atoms with E-state index in [4.69, 9.17) is 0 Å². The highest BCUT2D eigenvalue weighted by molar-refractivity contribution is 7.98. The summed E-state index contributed by atoms with van der Waals surface area (Å²) >= 11 is 0. The van der Waals surface area contributed by atoms with E-state index in [0.29, 0.717) is 10.9 Å². The smallest absolute Gasteiger partial charge is 0.169 e. The molecule has 2 aliphatic rings. The Labute approximate surface area is 148 Å². The number of carbonyl (C=O) groups is 1. The van der Waals surface area contributed by atoms with Crippen molar-refractivity contribution in [2.75, 3.05) is 11.5 Å². The minimum absolute atomic E-state index is 0.178. The Morgan fingerprint density at radius 2 is 1.75 bits per heavy atom. The number of aldehydes is 1. The zero-order valence-corrected chi connectivity index (χ0v) is 15.8. The zero-order chi connectivity index (χ0) is 17.6. The molecule has 134 valence electrons. The van der Waals surface area contributed by atoms with Gasteiger partial charge in [-0.15, -0.1) is 0 Å². The van der Waals surface area contributed by atoms with Gasteiger partial charge in [-0.2, -0.15) is 0 Å². The monoisotopic (exact) mass is 370 g/mol. The van der Waals surface area contributed by atoms with Gasteiger partial charge in [0.25, 0.3) is 0 Å². The van der Waals surface area contributed by atoms with Crippen LogP contribution in [0.15, 0.2) is 29.2 Å². The minimum atomic E-state index is -4.27. The van der Waals surface area contributed by atoms with Gasteiger partial charge in [0.2, 0.25) is 0 Å². The lowest BCUT2D eigenvalue weighted by Crippen LogP contribution is -2.27. The van der Waals surface area contributed by atoms with Crippen LogP contribution in [0.3, 0.4) is 0 Å². The summed E-state index contributed by atoms with van der Waals surface area (Å²) < 4.78 is 31.2. The Morgan fingerprint density at radius 3 is 2.29 bits per heavy atom. The summed E-state index contributed by atoms with van der Waals surface area (Å²) in [6.07, 6.45) is 9.75. The molecular formula is C18H26O4S2. The van der Waals surface area contributed by atoms with Crippen LogP contribution in [0.1, 0.15) is 44.1 Å². The fourth-order valence-electron chi connectivity index (χ4n) is 3.62. The molecule has 2 atom stereocenters. The molecule has 1 aliphatic heterocycles. The van der Waals surface area contributed by atoms with Crippen molar-refractivity contribution in [1.82, 2.24) is 0 Å². The highest BCUT2D eigenvalue weighted by atomic mass is 32.2. The lowest BCUT2D eigenvalue weighted by Gasteiger charge is -2.16. The molecule has 6 heteroatoms. The van der Waals surface area contributed by atoms with E-state index in [-0.39, 0.29) is 4.90 Å². The molecule has 4 nitrogen and oxygen atoms in total. The van der Waals surface area contributed by atoms with E-state index in [1.807, 2.05) is 6.92 Å². The highest BCUT2D eigenvalue weighted by Crippen LogP contribution is 2.37. The predicted octanol–water partition coefficient (Wildman–Crippen LogP) is 3.06. The summed E-state index contributed by atoms with van der Waals surface area (Å²) in [5.41, 5.74) is 0.928. The van der Waals surface area contributed by atoms with Crippen molar-refractivity contribution in [3.8, 4) is 0 Å². The molecule has 3 rings (SSSR count). The van der Waals surface area contributed by atoms with Gasteiger partial charge in [-0.3, -0.25) is 4.79 Å². The van der Waals surface area contributed by atoms with Crippen molar-refractivity contribution in [3.05, 3.63) is 29.8 Å². The number of aryl methyl sites for hydroxylation is 1. The van der Waals surface area contributed by atoms with Crippen molar-refractivity contribution >= 4 is 27.3 Å². The fourth-order valence-corrected chi connectivity index (χ4v) is 6.84. The van der Waals surface area contributed by atoms with Crippen LogP contribution in [0, 0.1) is 12.8 Å². The van der Waals surface area contributed by atoms with Crippen molar-refractivity contribution < 1.29 is 17.8 Å². The molecular weight excluding hydrogens is 344 g/mol. The molecule has 1 aliphatic carbocycles. The fraction of sp³-hybridized carbons (Fsp3) is 0.611. The van der Waals surface area contributed by atoms with Gasteiger partial charge in [-0.05, 0) is 55.6 Å². The van der Waals surface area contributed by atoms with Crippen molar-refractivity contribution in [1.29, 1.82) is 0 Å². The Balaban J connectivity index is 0.000000177. The largest absolute Gasteiger partial charge is 0.744 e. The summed E-state index contributed by atoms with van der Waals surface area (Å²) in [6, 6.07) is 5.78. The van der Waals surface area contributed by atoms with Gasteiger partial charge in [-0.25, -0.2) is 8.42 Å². The highest BCUT2D eigenvalue weighted by Gasteiger charge is 2.41. The average molecular weight is 371 g/mol. The van der Waals surface area contributed by atoms with Crippen LogP contribution in [0.5, 0.6) is 0 Å². The molecule has 1 saturated heterocycles. The second-order valence-corrected chi connectivity index (χ2v) is 10.4. The number of benzene rings is 1. The molecule has 24 heavy (non-hydrogen) atoms. The quantitative estimate of drug-likeness (QED) is 0.464. The Bertz CT molecular complexity index is 619. The summed E-state index contributed by atoms with van der Waals surface area (Å²) in [6.45, 7) is 1.82. The first-order valence-corrected chi connectivity index (χ1v) is 11.6. The molecule has 1 saturated carbocycles. The lowest BCUT2D eigenvalue weighted by atomic mass is 10.0. The van der Waals surface area contributed by atoms with Crippen LogP contribution in [0.4, 0.5) is 0 Å². The number of rotatable bonds is 4. The van der Waals surface area contributed by atoms with Crippen LogP contribution in [0.25, 0.3) is 0 Å².